The number of hydrogen-bond donors (Lipinski definition) is 0. The Hall–Kier alpha value is -3.16. The number of likely N-dealkylation sites (tertiary alicyclic amines) is 1. The second kappa shape index (κ2) is 8.25. The fourth-order valence-electron chi connectivity index (χ4n) is 5.44. The van der Waals surface area contributed by atoms with Crippen LogP contribution in [0, 0.1) is 5.82 Å². The Morgan fingerprint density at radius 3 is 2.47 bits per heavy atom. The summed E-state index contributed by atoms with van der Waals surface area (Å²) >= 11 is 1.35. The molecule has 3 heterocycles. The maximum absolute atomic E-state index is 14.1. The predicted octanol–water partition coefficient (Wildman–Crippen LogP) is 4.55. The Morgan fingerprint density at radius 1 is 0.941 bits per heavy atom. The largest absolute Gasteiger partial charge is 0.295 e. The van der Waals surface area contributed by atoms with Crippen LogP contribution in [0.5, 0.6) is 0 Å². The summed E-state index contributed by atoms with van der Waals surface area (Å²) in [6.07, 6.45) is 1.05. The van der Waals surface area contributed by atoms with Gasteiger partial charge in [-0.3, -0.25) is 24.3 Å². The standard InChI is InChI=1S/C27H24FN3O2S/c28-21-10-12-22(13-11-21)31-25(32)17-34-27(31)23-8-4-5-9-24(23)30(26(27)33)18-29-15-14-20(16-29)19-6-2-1-3-7-19/h1-13,20H,14-18H2. The van der Waals surface area contributed by atoms with Gasteiger partial charge in [0.15, 0.2) is 0 Å². The third-order valence-electron chi connectivity index (χ3n) is 7.03. The molecule has 7 heteroatoms. The number of fused-ring (bicyclic) bond motifs is 2. The van der Waals surface area contributed by atoms with Crippen LogP contribution in [-0.2, 0) is 14.5 Å². The molecule has 3 aromatic carbocycles. The van der Waals surface area contributed by atoms with E-state index in [2.05, 4.69) is 29.2 Å². The van der Waals surface area contributed by atoms with Crippen molar-refractivity contribution in [3.8, 4) is 0 Å². The topological polar surface area (TPSA) is 43.9 Å². The molecule has 2 unspecified atom stereocenters. The van der Waals surface area contributed by atoms with Crippen LogP contribution in [-0.4, -0.2) is 42.2 Å². The Balaban J connectivity index is 1.33. The van der Waals surface area contributed by atoms with Gasteiger partial charge in [-0.1, -0.05) is 48.5 Å². The summed E-state index contributed by atoms with van der Waals surface area (Å²) in [4.78, 5) is 31.7. The first-order chi connectivity index (χ1) is 16.6. The fourth-order valence-corrected chi connectivity index (χ4v) is 6.80. The molecule has 172 valence electrons. The lowest BCUT2D eigenvalue weighted by Gasteiger charge is -2.33. The molecule has 0 radical (unpaired) electrons. The molecule has 1 spiro atoms. The van der Waals surface area contributed by atoms with Gasteiger partial charge in [-0.25, -0.2) is 4.39 Å². The van der Waals surface area contributed by atoms with Crippen LogP contribution in [0.25, 0.3) is 0 Å². The van der Waals surface area contributed by atoms with E-state index >= 15 is 0 Å². The number of hydrogen-bond acceptors (Lipinski definition) is 4. The van der Waals surface area contributed by atoms with Crippen LogP contribution in [0.2, 0.25) is 0 Å². The maximum Gasteiger partial charge on any atom is 0.269 e. The summed E-state index contributed by atoms with van der Waals surface area (Å²) in [6, 6.07) is 24.0. The van der Waals surface area contributed by atoms with Gasteiger partial charge in [-0.05, 0) is 48.2 Å². The van der Waals surface area contributed by atoms with Crippen LogP contribution < -0.4 is 9.80 Å². The number of anilines is 2. The number of amides is 2. The zero-order valence-corrected chi connectivity index (χ0v) is 19.4. The van der Waals surface area contributed by atoms with Crippen molar-refractivity contribution in [3.63, 3.8) is 0 Å². The number of nitrogens with zero attached hydrogens (tertiary/aromatic N) is 3. The Kier molecular flexibility index (Phi) is 5.19. The quantitative estimate of drug-likeness (QED) is 0.558. The van der Waals surface area contributed by atoms with Crippen molar-refractivity contribution in [2.45, 2.75) is 17.2 Å². The van der Waals surface area contributed by atoms with E-state index in [0.717, 1.165) is 30.8 Å². The van der Waals surface area contributed by atoms with Gasteiger partial charge in [-0.15, -0.1) is 11.8 Å². The summed E-state index contributed by atoms with van der Waals surface area (Å²) in [7, 11) is 0. The Labute approximate surface area is 202 Å². The van der Waals surface area contributed by atoms with Crippen LogP contribution >= 0.6 is 11.8 Å². The van der Waals surface area contributed by atoms with Crippen molar-refractivity contribution in [2.75, 3.05) is 35.3 Å². The highest BCUT2D eigenvalue weighted by Crippen LogP contribution is 2.55. The van der Waals surface area contributed by atoms with Crippen LogP contribution in [0.15, 0.2) is 78.9 Å². The molecule has 0 saturated carbocycles. The molecule has 3 aromatic rings. The molecular formula is C27H24FN3O2S. The molecule has 2 fully saturated rings. The van der Waals surface area contributed by atoms with Gasteiger partial charge >= 0.3 is 0 Å². The molecule has 5 nitrogen and oxygen atoms in total. The number of carbonyl (C=O) groups excluding carboxylic acids is 2. The molecular weight excluding hydrogens is 449 g/mol. The molecule has 2 saturated heterocycles. The molecule has 0 aromatic heterocycles. The molecule has 0 N–H and O–H groups in total. The minimum absolute atomic E-state index is 0.114. The van der Waals surface area contributed by atoms with Crippen molar-refractivity contribution in [1.82, 2.24) is 4.90 Å². The Morgan fingerprint density at radius 2 is 1.68 bits per heavy atom. The van der Waals surface area contributed by atoms with Crippen molar-refractivity contribution in [2.24, 2.45) is 0 Å². The van der Waals surface area contributed by atoms with Gasteiger partial charge in [0.2, 0.25) is 10.8 Å². The van der Waals surface area contributed by atoms with E-state index in [1.165, 1.54) is 29.5 Å². The van der Waals surface area contributed by atoms with E-state index in [9.17, 15) is 14.0 Å². The number of halogens is 1. The minimum atomic E-state index is -1.16. The monoisotopic (exact) mass is 473 g/mol. The maximum atomic E-state index is 14.1. The number of carbonyl (C=O) groups is 2. The number of para-hydroxylation sites is 1. The van der Waals surface area contributed by atoms with Gasteiger partial charge in [0.25, 0.3) is 5.91 Å². The summed E-state index contributed by atoms with van der Waals surface area (Å²) < 4.78 is 13.6. The number of benzene rings is 3. The van der Waals surface area contributed by atoms with Crippen LogP contribution in [0.3, 0.4) is 0 Å². The predicted molar refractivity (Wildman–Crippen MR) is 132 cm³/mol. The summed E-state index contributed by atoms with van der Waals surface area (Å²) in [5.74, 6) is 0.00884. The number of rotatable bonds is 4. The van der Waals surface area contributed by atoms with E-state index in [1.54, 1.807) is 17.0 Å². The van der Waals surface area contributed by atoms with Gasteiger partial charge in [0.05, 0.1) is 18.1 Å². The van der Waals surface area contributed by atoms with Crippen molar-refractivity contribution in [3.05, 3.63) is 95.8 Å². The lowest BCUT2D eigenvalue weighted by atomic mass is 9.99. The average molecular weight is 474 g/mol. The lowest BCUT2D eigenvalue weighted by molar-refractivity contribution is -0.123. The van der Waals surface area contributed by atoms with Crippen LogP contribution in [0.4, 0.5) is 15.8 Å². The summed E-state index contributed by atoms with van der Waals surface area (Å²) in [5, 5.41) is 0. The molecule has 3 aliphatic rings. The van der Waals surface area contributed by atoms with Gasteiger partial charge in [0, 0.05) is 24.3 Å². The zero-order valence-electron chi connectivity index (χ0n) is 18.6. The zero-order chi connectivity index (χ0) is 23.3. The van der Waals surface area contributed by atoms with Gasteiger partial charge < -0.3 is 0 Å². The van der Waals surface area contributed by atoms with E-state index in [-0.39, 0.29) is 23.4 Å². The number of thioether (sulfide) groups is 1. The SMILES string of the molecule is O=C1CSC2(C(=O)N(CN3CCC(c4ccccc4)C3)c3ccccc32)N1c1ccc(F)cc1. The fraction of sp³-hybridized carbons (Fsp3) is 0.259. The molecule has 34 heavy (non-hydrogen) atoms. The van der Waals surface area contributed by atoms with E-state index in [0.29, 0.717) is 18.3 Å². The molecule has 0 aliphatic carbocycles. The first-order valence-electron chi connectivity index (χ1n) is 11.5. The Bertz CT molecular complexity index is 1250. The minimum Gasteiger partial charge on any atom is -0.295 e. The average Bonchev–Trinajstić information content (AvgIpc) is 3.54. The highest BCUT2D eigenvalue weighted by atomic mass is 32.2. The van der Waals surface area contributed by atoms with Crippen molar-refractivity contribution >= 4 is 35.0 Å². The molecule has 3 aliphatic heterocycles. The second-order valence-electron chi connectivity index (χ2n) is 9.00. The normalized spacial score (nSPS) is 24.4. The van der Waals surface area contributed by atoms with Gasteiger partial charge in [0.1, 0.15) is 5.82 Å². The third-order valence-corrected chi connectivity index (χ3v) is 8.42. The van der Waals surface area contributed by atoms with Crippen LogP contribution in [0.1, 0.15) is 23.5 Å². The third kappa shape index (κ3) is 3.26. The lowest BCUT2D eigenvalue weighted by Crippen LogP contribution is -2.51. The van der Waals surface area contributed by atoms with E-state index < -0.39 is 4.87 Å². The first kappa shape index (κ1) is 21.4. The van der Waals surface area contributed by atoms with Gasteiger partial charge in [-0.2, -0.15) is 0 Å². The smallest absolute Gasteiger partial charge is 0.269 e. The highest BCUT2D eigenvalue weighted by molar-refractivity contribution is 8.02. The summed E-state index contributed by atoms with van der Waals surface area (Å²) in [5.41, 5.74) is 3.52. The van der Waals surface area contributed by atoms with Crippen molar-refractivity contribution in [1.29, 1.82) is 0 Å². The molecule has 6 rings (SSSR count). The molecule has 2 amide bonds. The second-order valence-corrected chi connectivity index (χ2v) is 10.2. The van der Waals surface area contributed by atoms with E-state index in [4.69, 9.17) is 0 Å². The van der Waals surface area contributed by atoms with Crippen molar-refractivity contribution < 1.29 is 14.0 Å². The molecule has 2 atom stereocenters. The molecule has 0 bridgehead atoms. The first-order valence-corrected chi connectivity index (χ1v) is 12.5. The van der Waals surface area contributed by atoms with E-state index in [1.807, 2.05) is 35.2 Å². The summed E-state index contributed by atoms with van der Waals surface area (Å²) in [6.45, 7) is 2.27. The highest BCUT2D eigenvalue weighted by Gasteiger charge is 2.61.